The van der Waals surface area contributed by atoms with Crippen LogP contribution in [0.4, 0.5) is 5.69 Å². The Kier molecular flexibility index (Phi) is 5.68. The van der Waals surface area contributed by atoms with Gasteiger partial charge in [-0.25, -0.2) is 4.68 Å². The summed E-state index contributed by atoms with van der Waals surface area (Å²) in [5.74, 6) is 1.28. The number of nitrogens with one attached hydrogen (secondary N) is 1. The first kappa shape index (κ1) is 16.3. The normalized spacial score (nSPS) is 25.8. The summed E-state index contributed by atoms with van der Waals surface area (Å²) < 4.78 is 1.46. The molecule has 1 saturated carbocycles. The van der Waals surface area contributed by atoms with Crippen LogP contribution in [0.3, 0.4) is 0 Å². The molecule has 0 amide bonds. The molecule has 1 aromatic rings. The molecule has 0 spiro atoms. The molecule has 5 heteroatoms. The van der Waals surface area contributed by atoms with Crippen molar-refractivity contribution in [2.45, 2.75) is 65.5 Å². The average molecular weight is 312 g/mol. The van der Waals surface area contributed by atoms with Gasteiger partial charge in [-0.05, 0) is 24.7 Å². The highest BCUT2D eigenvalue weighted by molar-refractivity contribution is 6.32. The van der Waals surface area contributed by atoms with E-state index in [0.717, 1.165) is 19.3 Å². The Morgan fingerprint density at radius 3 is 2.90 bits per heavy atom. The van der Waals surface area contributed by atoms with Crippen LogP contribution >= 0.6 is 11.6 Å². The second-order valence-electron chi connectivity index (χ2n) is 6.27. The third kappa shape index (κ3) is 3.79. The van der Waals surface area contributed by atoms with E-state index in [1.54, 1.807) is 6.20 Å². The molecule has 0 aliphatic heterocycles. The van der Waals surface area contributed by atoms with Crippen molar-refractivity contribution < 1.29 is 0 Å². The van der Waals surface area contributed by atoms with Gasteiger partial charge in [0, 0.05) is 12.6 Å². The van der Waals surface area contributed by atoms with Gasteiger partial charge in [-0.2, -0.15) is 5.10 Å². The van der Waals surface area contributed by atoms with Gasteiger partial charge in [0.1, 0.15) is 5.02 Å². The summed E-state index contributed by atoms with van der Waals surface area (Å²) in [4.78, 5) is 12.2. The molecule has 21 heavy (non-hydrogen) atoms. The number of nitrogens with zero attached hydrogens (tertiary/aromatic N) is 2. The molecule has 1 aliphatic rings. The number of unbranched alkanes of at least 4 members (excludes halogenated alkanes) is 1. The van der Waals surface area contributed by atoms with Crippen LogP contribution in [0.15, 0.2) is 11.0 Å². The van der Waals surface area contributed by atoms with Crippen molar-refractivity contribution in [1.29, 1.82) is 0 Å². The second kappa shape index (κ2) is 7.30. The highest BCUT2D eigenvalue weighted by Gasteiger charge is 2.27. The predicted octanol–water partition coefficient (Wildman–Crippen LogP) is 3.93. The van der Waals surface area contributed by atoms with E-state index in [-0.39, 0.29) is 10.6 Å². The molecule has 2 rings (SSSR count). The Morgan fingerprint density at radius 1 is 1.43 bits per heavy atom. The molecule has 4 nitrogen and oxygen atoms in total. The van der Waals surface area contributed by atoms with E-state index in [1.807, 2.05) is 0 Å². The molecule has 0 saturated heterocycles. The van der Waals surface area contributed by atoms with Gasteiger partial charge in [-0.1, -0.05) is 51.6 Å². The number of aromatic nitrogens is 2. The molecule has 1 N–H and O–H groups in total. The van der Waals surface area contributed by atoms with Crippen LogP contribution in [0.25, 0.3) is 0 Å². The van der Waals surface area contributed by atoms with Crippen molar-refractivity contribution in [1.82, 2.24) is 9.78 Å². The predicted molar refractivity (Wildman–Crippen MR) is 88.0 cm³/mol. The Labute approximate surface area is 131 Å². The second-order valence-corrected chi connectivity index (χ2v) is 6.65. The van der Waals surface area contributed by atoms with Gasteiger partial charge in [0.15, 0.2) is 0 Å². The molecule has 3 atom stereocenters. The van der Waals surface area contributed by atoms with Crippen molar-refractivity contribution in [3.8, 4) is 0 Å². The lowest BCUT2D eigenvalue weighted by atomic mass is 9.78. The maximum atomic E-state index is 12.2. The molecular weight excluding hydrogens is 286 g/mol. The molecule has 3 unspecified atom stereocenters. The average Bonchev–Trinajstić information content (AvgIpc) is 2.48. The quantitative estimate of drug-likeness (QED) is 0.896. The van der Waals surface area contributed by atoms with E-state index in [0.29, 0.717) is 30.1 Å². The van der Waals surface area contributed by atoms with Crippen LogP contribution < -0.4 is 10.9 Å². The first-order chi connectivity index (χ1) is 10.0. The van der Waals surface area contributed by atoms with Crippen molar-refractivity contribution >= 4 is 17.3 Å². The summed E-state index contributed by atoms with van der Waals surface area (Å²) in [6, 6.07) is 0.374. The Balaban J connectivity index is 2.14. The Hall–Kier alpha value is -1.03. The van der Waals surface area contributed by atoms with Gasteiger partial charge in [-0.3, -0.25) is 4.79 Å². The van der Waals surface area contributed by atoms with Crippen molar-refractivity contribution in [3.05, 3.63) is 21.6 Å². The summed E-state index contributed by atoms with van der Waals surface area (Å²) in [7, 11) is 0. The number of halogens is 1. The fourth-order valence-electron chi connectivity index (χ4n) is 3.02. The summed E-state index contributed by atoms with van der Waals surface area (Å²) in [6.07, 6.45) is 7.30. The molecular formula is C16H26ClN3O. The molecule has 118 valence electrons. The zero-order chi connectivity index (χ0) is 15.4. The van der Waals surface area contributed by atoms with Gasteiger partial charge in [0.2, 0.25) is 0 Å². The molecule has 0 radical (unpaired) electrons. The van der Waals surface area contributed by atoms with E-state index in [9.17, 15) is 4.79 Å². The van der Waals surface area contributed by atoms with Gasteiger partial charge in [0.05, 0.1) is 11.9 Å². The highest BCUT2D eigenvalue weighted by atomic mass is 35.5. The summed E-state index contributed by atoms with van der Waals surface area (Å²) in [5.41, 5.74) is 0.493. The van der Waals surface area contributed by atoms with Gasteiger partial charge < -0.3 is 5.32 Å². The highest BCUT2D eigenvalue weighted by Crippen LogP contribution is 2.32. The standard InChI is InChI=1S/C16H26ClN3O/c1-4-5-9-20-16(21)15(17)14(10-18-20)19-13-8-6-7-11(2)12(13)3/h10-13,19H,4-9H2,1-3H3. The number of hydrogen-bond donors (Lipinski definition) is 1. The molecule has 0 bridgehead atoms. The van der Waals surface area contributed by atoms with E-state index in [2.05, 4.69) is 31.2 Å². The fraction of sp³-hybridized carbons (Fsp3) is 0.750. The molecule has 1 aliphatic carbocycles. The number of anilines is 1. The summed E-state index contributed by atoms with van der Waals surface area (Å²) in [6.45, 7) is 7.28. The van der Waals surface area contributed by atoms with Crippen LogP contribution in [-0.2, 0) is 6.54 Å². The minimum absolute atomic E-state index is 0.188. The van der Waals surface area contributed by atoms with Crippen LogP contribution in [-0.4, -0.2) is 15.8 Å². The lowest BCUT2D eigenvalue weighted by molar-refractivity contribution is 0.253. The molecule has 0 aromatic carbocycles. The third-order valence-corrected chi connectivity index (χ3v) is 5.12. The maximum Gasteiger partial charge on any atom is 0.287 e. The van der Waals surface area contributed by atoms with E-state index < -0.39 is 0 Å². The monoisotopic (exact) mass is 311 g/mol. The lowest BCUT2D eigenvalue weighted by Gasteiger charge is -2.35. The van der Waals surface area contributed by atoms with Crippen molar-refractivity contribution in [2.75, 3.05) is 5.32 Å². The molecule has 1 heterocycles. The smallest absolute Gasteiger partial charge is 0.287 e. The van der Waals surface area contributed by atoms with E-state index in [4.69, 9.17) is 11.6 Å². The summed E-state index contributed by atoms with van der Waals surface area (Å²) >= 11 is 6.24. The number of hydrogen-bond acceptors (Lipinski definition) is 3. The molecule has 1 fully saturated rings. The van der Waals surface area contributed by atoms with E-state index >= 15 is 0 Å². The molecule has 1 aromatic heterocycles. The zero-order valence-electron chi connectivity index (χ0n) is 13.2. The Morgan fingerprint density at radius 2 is 2.19 bits per heavy atom. The SMILES string of the molecule is CCCCn1ncc(NC2CCCC(C)C2C)c(Cl)c1=O. The third-order valence-electron chi connectivity index (χ3n) is 4.76. The number of rotatable bonds is 5. The van der Waals surface area contributed by atoms with Crippen LogP contribution in [0, 0.1) is 11.8 Å². The minimum atomic E-state index is -0.188. The van der Waals surface area contributed by atoms with Crippen LogP contribution in [0.1, 0.15) is 52.9 Å². The van der Waals surface area contributed by atoms with Gasteiger partial charge in [0.25, 0.3) is 5.56 Å². The fourth-order valence-corrected chi connectivity index (χ4v) is 3.22. The first-order valence-electron chi connectivity index (χ1n) is 8.06. The van der Waals surface area contributed by atoms with Crippen molar-refractivity contribution in [3.63, 3.8) is 0 Å². The first-order valence-corrected chi connectivity index (χ1v) is 8.44. The van der Waals surface area contributed by atoms with Crippen LogP contribution in [0.5, 0.6) is 0 Å². The zero-order valence-corrected chi connectivity index (χ0v) is 14.0. The minimum Gasteiger partial charge on any atom is -0.379 e. The van der Waals surface area contributed by atoms with E-state index in [1.165, 1.54) is 17.5 Å². The maximum absolute atomic E-state index is 12.2. The van der Waals surface area contributed by atoms with Crippen molar-refractivity contribution in [2.24, 2.45) is 11.8 Å². The topological polar surface area (TPSA) is 46.9 Å². The van der Waals surface area contributed by atoms with Crippen LogP contribution in [0.2, 0.25) is 5.02 Å². The summed E-state index contributed by atoms with van der Waals surface area (Å²) in [5, 5.41) is 7.96. The Bertz CT molecular complexity index is 529. The van der Waals surface area contributed by atoms with Gasteiger partial charge in [-0.15, -0.1) is 0 Å². The lowest BCUT2D eigenvalue weighted by Crippen LogP contribution is -2.36. The largest absolute Gasteiger partial charge is 0.379 e. The number of aryl methyl sites for hydroxylation is 1. The van der Waals surface area contributed by atoms with Gasteiger partial charge >= 0.3 is 0 Å².